The summed E-state index contributed by atoms with van der Waals surface area (Å²) in [6.07, 6.45) is 0.719. The summed E-state index contributed by atoms with van der Waals surface area (Å²) in [5.74, 6) is 0.632. The Hall–Kier alpha value is -3.36. The number of hydrogen-bond acceptors (Lipinski definition) is 5. The molecular formula is C29H38N4O4. The first kappa shape index (κ1) is 26.7. The van der Waals surface area contributed by atoms with Crippen LogP contribution in [0.1, 0.15) is 55.2 Å². The second kappa shape index (κ2) is 11.8. The van der Waals surface area contributed by atoms with Crippen LogP contribution in [-0.2, 0) is 9.53 Å². The van der Waals surface area contributed by atoms with Gasteiger partial charge in [0.25, 0.3) is 11.8 Å². The van der Waals surface area contributed by atoms with Crippen molar-refractivity contribution >= 4 is 11.8 Å². The van der Waals surface area contributed by atoms with Crippen LogP contribution < -0.4 is 5.32 Å². The number of ether oxygens (including phenoxy) is 1. The highest BCUT2D eigenvalue weighted by atomic mass is 16.5. The predicted molar refractivity (Wildman–Crippen MR) is 143 cm³/mol. The van der Waals surface area contributed by atoms with E-state index in [2.05, 4.69) is 15.2 Å². The molecule has 198 valence electrons. The minimum atomic E-state index is -0.895. The van der Waals surface area contributed by atoms with Crippen LogP contribution in [0.15, 0.2) is 59.0 Å². The largest absolute Gasteiger partial charge is 0.464 e. The van der Waals surface area contributed by atoms with E-state index in [1.807, 2.05) is 70.2 Å². The van der Waals surface area contributed by atoms with Crippen LogP contribution in [0, 0.1) is 6.92 Å². The second-order valence-electron chi connectivity index (χ2n) is 10.5. The van der Waals surface area contributed by atoms with Crippen molar-refractivity contribution in [1.82, 2.24) is 20.1 Å². The Morgan fingerprint density at radius 2 is 1.78 bits per heavy atom. The van der Waals surface area contributed by atoms with Crippen molar-refractivity contribution in [1.29, 1.82) is 0 Å². The van der Waals surface area contributed by atoms with Crippen molar-refractivity contribution in [2.75, 3.05) is 39.4 Å². The van der Waals surface area contributed by atoms with Crippen LogP contribution in [0.25, 0.3) is 11.3 Å². The van der Waals surface area contributed by atoms with Gasteiger partial charge in [0.15, 0.2) is 6.04 Å². The zero-order valence-corrected chi connectivity index (χ0v) is 22.3. The van der Waals surface area contributed by atoms with E-state index in [0.29, 0.717) is 23.8 Å². The number of H-pyrrole nitrogens is 1. The van der Waals surface area contributed by atoms with E-state index in [4.69, 9.17) is 9.15 Å². The van der Waals surface area contributed by atoms with Crippen LogP contribution in [0.4, 0.5) is 0 Å². The fourth-order valence-electron chi connectivity index (χ4n) is 4.56. The number of aromatic amines is 1. The molecule has 1 aliphatic heterocycles. The first-order valence-corrected chi connectivity index (χ1v) is 12.9. The zero-order chi connectivity index (χ0) is 26.4. The van der Waals surface area contributed by atoms with Crippen molar-refractivity contribution in [3.05, 3.63) is 71.8 Å². The molecule has 1 aliphatic rings. The topological polar surface area (TPSA) is 90.8 Å². The molecule has 0 spiro atoms. The fourth-order valence-corrected chi connectivity index (χ4v) is 4.56. The molecule has 3 aromatic rings. The van der Waals surface area contributed by atoms with E-state index in [-0.39, 0.29) is 11.8 Å². The molecule has 2 amide bonds. The number of furan rings is 1. The molecule has 1 aromatic carbocycles. The van der Waals surface area contributed by atoms with Crippen LogP contribution in [0.5, 0.6) is 0 Å². The third-order valence-corrected chi connectivity index (χ3v) is 6.33. The van der Waals surface area contributed by atoms with Gasteiger partial charge in [-0.2, -0.15) is 0 Å². The highest BCUT2D eigenvalue weighted by Gasteiger charge is 2.36. The van der Waals surface area contributed by atoms with E-state index in [1.54, 1.807) is 17.0 Å². The molecular weight excluding hydrogens is 468 g/mol. The number of carbonyl (C=O) groups excluding carboxylic acids is 2. The van der Waals surface area contributed by atoms with Gasteiger partial charge in [-0.25, -0.2) is 0 Å². The summed E-state index contributed by atoms with van der Waals surface area (Å²) < 4.78 is 11.4. The van der Waals surface area contributed by atoms with Crippen LogP contribution in [0.2, 0.25) is 0 Å². The van der Waals surface area contributed by atoms with Crippen LogP contribution in [-0.4, -0.2) is 71.5 Å². The number of nitrogens with one attached hydrogen (secondary N) is 2. The van der Waals surface area contributed by atoms with Gasteiger partial charge in [-0.05, 0) is 63.9 Å². The summed E-state index contributed by atoms with van der Waals surface area (Å²) in [6.45, 7) is 12.0. The monoisotopic (exact) mass is 506 g/mol. The minimum Gasteiger partial charge on any atom is -0.464 e. The van der Waals surface area contributed by atoms with Crippen molar-refractivity contribution < 1.29 is 18.7 Å². The summed E-state index contributed by atoms with van der Waals surface area (Å²) in [5.41, 5.74) is 1.81. The molecule has 1 atom stereocenters. The van der Waals surface area contributed by atoms with Crippen LogP contribution in [0.3, 0.4) is 0 Å². The average molecular weight is 507 g/mol. The highest BCUT2D eigenvalue weighted by molar-refractivity contribution is 5.97. The Bertz CT molecular complexity index is 1170. The van der Waals surface area contributed by atoms with Gasteiger partial charge < -0.3 is 24.4 Å². The number of carbonyl (C=O) groups is 2. The lowest BCUT2D eigenvalue weighted by atomic mass is 10.1. The molecule has 0 bridgehead atoms. The Kier molecular flexibility index (Phi) is 8.51. The van der Waals surface area contributed by atoms with Crippen molar-refractivity contribution in [2.45, 2.75) is 45.7 Å². The highest BCUT2D eigenvalue weighted by Crippen LogP contribution is 2.27. The molecule has 3 heterocycles. The standard InChI is InChI=1S/C29H38N4O4/c1-21-11-14-25(37-21)26(27(34)31-29(2,3)4)33(16-8-15-32-17-19-36-20-18-32)28(35)24-13-12-23(30-24)22-9-6-5-7-10-22/h5-7,9-14,26,30H,8,15-20H2,1-4H3,(H,31,34)/t26-/m0/s1. The quantitative estimate of drug-likeness (QED) is 0.449. The number of benzene rings is 1. The molecule has 1 saturated heterocycles. The smallest absolute Gasteiger partial charge is 0.271 e. The summed E-state index contributed by atoms with van der Waals surface area (Å²) in [6, 6.07) is 16.3. The third-order valence-electron chi connectivity index (χ3n) is 6.33. The first-order chi connectivity index (χ1) is 17.7. The van der Waals surface area contributed by atoms with Gasteiger partial charge >= 0.3 is 0 Å². The molecule has 0 unspecified atom stereocenters. The normalized spacial score (nSPS) is 15.4. The van der Waals surface area contributed by atoms with E-state index in [1.165, 1.54) is 0 Å². The fraction of sp³-hybridized carbons (Fsp3) is 0.448. The molecule has 0 radical (unpaired) electrons. The number of hydrogen-bond donors (Lipinski definition) is 2. The summed E-state index contributed by atoms with van der Waals surface area (Å²) in [4.78, 5) is 34.9. The molecule has 0 aliphatic carbocycles. The number of aromatic nitrogens is 1. The Morgan fingerprint density at radius 1 is 1.05 bits per heavy atom. The summed E-state index contributed by atoms with van der Waals surface area (Å²) >= 11 is 0. The zero-order valence-electron chi connectivity index (χ0n) is 22.3. The molecule has 2 N–H and O–H groups in total. The SMILES string of the molecule is Cc1ccc([C@@H](C(=O)NC(C)(C)C)N(CCCN2CCOCC2)C(=O)c2ccc(-c3ccccc3)[nH]2)o1. The van der Waals surface area contributed by atoms with Gasteiger partial charge in [-0.15, -0.1) is 0 Å². The number of aryl methyl sites for hydroxylation is 1. The Labute approximate surface area is 219 Å². The maximum Gasteiger partial charge on any atom is 0.271 e. The van der Waals surface area contributed by atoms with Gasteiger partial charge in [-0.1, -0.05) is 30.3 Å². The van der Waals surface area contributed by atoms with Crippen molar-refractivity contribution in [3.8, 4) is 11.3 Å². The van der Waals surface area contributed by atoms with Gasteiger partial charge in [0.2, 0.25) is 0 Å². The van der Waals surface area contributed by atoms with E-state index < -0.39 is 11.6 Å². The van der Waals surface area contributed by atoms with Gasteiger partial charge in [-0.3, -0.25) is 14.5 Å². The number of nitrogens with zero attached hydrogens (tertiary/aromatic N) is 2. The molecule has 4 rings (SSSR count). The number of amides is 2. The van der Waals surface area contributed by atoms with E-state index >= 15 is 0 Å². The van der Waals surface area contributed by atoms with E-state index in [0.717, 1.165) is 50.5 Å². The van der Waals surface area contributed by atoms with Gasteiger partial charge in [0, 0.05) is 37.4 Å². The van der Waals surface area contributed by atoms with E-state index in [9.17, 15) is 9.59 Å². The molecule has 8 nitrogen and oxygen atoms in total. The maximum absolute atomic E-state index is 14.0. The lowest BCUT2D eigenvalue weighted by Crippen LogP contribution is -2.50. The predicted octanol–water partition coefficient (Wildman–Crippen LogP) is 4.40. The Morgan fingerprint density at radius 3 is 2.43 bits per heavy atom. The molecule has 8 heteroatoms. The number of rotatable bonds is 9. The number of morpholine rings is 1. The molecule has 2 aromatic heterocycles. The average Bonchev–Trinajstić information content (AvgIpc) is 3.53. The molecule has 37 heavy (non-hydrogen) atoms. The maximum atomic E-state index is 14.0. The summed E-state index contributed by atoms with van der Waals surface area (Å²) in [7, 11) is 0. The third kappa shape index (κ3) is 7.11. The first-order valence-electron chi connectivity index (χ1n) is 12.9. The summed E-state index contributed by atoms with van der Waals surface area (Å²) in [5, 5.41) is 3.05. The lowest BCUT2D eigenvalue weighted by Gasteiger charge is -2.33. The van der Waals surface area contributed by atoms with Crippen molar-refractivity contribution in [3.63, 3.8) is 0 Å². The minimum absolute atomic E-state index is 0.243. The second-order valence-corrected chi connectivity index (χ2v) is 10.5. The van der Waals surface area contributed by atoms with Crippen LogP contribution >= 0.6 is 0 Å². The van der Waals surface area contributed by atoms with Gasteiger partial charge in [0.05, 0.1) is 13.2 Å². The lowest BCUT2D eigenvalue weighted by molar-refractivity contribution is -0.128. The molecule has 0 saturated carbocycles. The molecule has 1 fully saturated rings. The van der Waals surface area contributed by atoms with Crippen molar-refractivity contribution in [2.24, 2.45) is 0 Å². The van der Waals surface area contributed by atoms with Gasteiger partial charge in [0.1, 0.15) is 17.2 Å². The Balaban J connectivity index is 1.64.